The minimum absolute atomic E-state index is 0.469. The second-order valence-corrected chi connectivity index (χ2v) is 6.12. The molecule has 1 nitrogen and oxygen atoms in total. The molecule has 2 atom stereocenters. The summed E-state index contributed by atoms with van der Waals surface area (Å²) in [4.78, 5) is 2.25. The van der Waals surface area contributed by atoms with E-state index in [0.717, 1.165) is 19.5 Å². The van der Waals surface area contributed by atoms with Gasteiger partial charge >= 0.3 is 0 Å². The summed E-state index contributed by atoms with van der Waals surface area (Å²) in [5.41, 5.74) is 0.469. The van der Waals surface area contributed by atoms with Gasteiger partial charge in [-0.2, -0.15) is 0 Å². The van der Waals surface area contributed by atoms with Crippen LogP contribution >= 0.6 is 0 Å². The second kappa shape index (κ2) is 6.00. The van der Waals surface area contributed by atoms with Gasteiger partial charge in [0.05, 0.1) is 0 Å². The number of hydrogen-bond acceptors (Lipinski definition) is 1. The van der Waals surface area contributed by atoms with Crippen molar-refractivity contribution in [1.82, 2.24) is 4.90 Å². The van der Waals surface area contributed by atoms with E-state index in [0.29, 0.717) is 29.9 Å². The quantitative estimate of drug-likeness (QED) is 0.797. The van der Waals surface area contributed by atoms with Crippen LogP contribution in [0, 0.1) is 29.4 Å². The molecule has 1 aromatic carbocycles. The van der Waals surface area contributed by atoms with Gasteiger partial charge in [-0.25, -0.2) is 8.78 Å². The van der Waals surface area contributed by atoms with Crippen molar-refractivity contribution in [3.63, 3.8) is 0 Å². The highest BCUT2D eigenvalue weighted by molar-refractivity contribution is 5.18. The first kappa shape index (κ1) is 14.4. The number of piperidine rings is 1. The zero-order valence-electron chi connectivity index (χ0n) is 12.0. The molecule has 1 fully saturated rings. The molecule has 19 heavy (non-hydrogen) atoms. The first-order valence-corrected chi connectivity index (χ1v) is 7.14. The molecule has 1 aliphatic rings. The van der Waals surface area contributed by atoms with E-state index in [1.165, 1.54) is 6.07 Å². The molecular formula is C16H23F2N. The van der Waals surface area contributed by atoms with Crippen molar-refractivity contribution in [3.05, 3.63) is 35.4 Å². The molecule has 1 saturated heterocycles. The highest BCUT2D eigenvalue weighted by atomic mass is 19.2. The molecule has 1 heterocycles. The lowest BCUT2D eigenvalue weighted by Crippen LogP contribution is -2.41. The third-order valence-electron chi connectivity index (χ3n) is 4.38. The summed E-state index contributed by atoms with van der Waals surface area (Å²) >= 11 is 0. The van der Waals surface area contributed by atoms with Gasteiger partial charge in [-0.05, 0) is 36.8 Å². The van der Waals surface area contributed by atoms with E-state index in [2.05, 4.69) is 25.7 Å². The van der Waals surface area contributed by atoms with Crippen LogP contribution in [0.5, 0.6) is 0 Å². The van der Waals surface area contributed by atoms with Gasteiger partial charge in [-0.1, -0.05) is 32.9 Å². The summed E-state index contributed by atoms with van der Waals surface area (Å²) in [6, 6.07) is 4.44. The van der Waals surface area contributed by atoms with E-state index in [1.807, 2.05) is 0 Å². The molecule has 0 aromatic heterocycles. The van der Waals surface area contributed by atoms with Crippen LogP contribution in [0.25, 0.3) is 0 Å². The van der Waals surface area contributed by atoms with Gasteiger partial charge in [0.15, 0.2) is 11.6 Å². The molecule has 0 saturated carbocycles. The van der Waals surface area contributed by atoms with Gasteiger partial charge in [0.25, 0.3) is 0 Å². The lowest BCUT2D eigenvalue weighted by Gasteiger charge is -2.39. The fraction of sp³-hybridized carbons (Fsp3) is 0.625. The molecule has 0 aliphatic carbocycles. The molecule has 0 bridgehead atoms. The van der Waals surface area contributed by atoms with Gasteiger partial charge in [0.1, 0.15) is 0 Å². The average molecular weight is 267 g/mol. The Morgan fingerprint density at radius 3 is 2.74 bits per heavy atom. The Hall–Kier alpha value is -0.960. The lowest BCUT2D eigenvalue weighted by atomic mass is 9.79. The number of rotatable bonds is 3. The van der Waals surface area contributed by atoms with Gasteiger partial charge in [-0.15, -0.1) is 0 Å². The van der Waals surface area contributed by atoms with Crippen LogP contribution in [0.4, 0.5) is 8.78 Å². The predicted molar refractivity (Wildman–Crippen MR) is 73.7 cm³/mol. The minimum Gasteiger partial charge on any atom is -0.299 e. The number of halogens is 2. The number of likely N-dealkylation sites (tertiary alicyclic amines) is 1. The first-order chi connectivity index (χ1) is 8.99. The molecule has 0 unspecified atom stereocenters. The van der Waals surface area contributed by atoms with E-state index in [4.69, 9.17) is 0 Å². The molecular weight excluding hydrogens is 244 g/mol. The Labute approximate surface area is 114 Å². The highest BCUT2D eigenvalue weighted by Crippen LogP contribution is 2.30. The van der Waals surface area contributed by atoms with Gasteiger partial charge in [-0.3, -0.25) is 4.90 Å². The molecule has 1 aliphatic heterocycles. The summed E-state index contributed by atoms with van der Waals surface area (Å²) in [5, 5.41) is 0. The molecule has 3 heteroatoms. The fourth-order valence-corrected chi connectivity index (χ4v) is 3.09. The van der Waals surface area contributed by atoms with Crippen molar-refractivity contribution >= 4 is 0 Å². The maximum atomic E-state index is 13.7. The van der Waals surface area contributed by atoms with Crippen LogP contribution < -0.4 is 0 Å². The van der Waals surface area contributed by atoms with Crippen LogP contribution in [0.1, 0.15) is 32.8 Å². The standard InChI is InChI=1S/C16H23F2N/c1-11(2)14-10-19(8-7-12(14)3)9-13-5-4-6-15(17)16(13)18/h4-6,11-12,14H,7-10H2,1-3H3/t12-,14-/m1/s1. The van der Waals surface area contributed by atoms with Crippen molar-refractivity contribution in [3.8, 4) is 0 Å². The molecule has 106 valence electrons. The summed E-state index contributed by atoms with van der Waals surface area (Å²) in [6.07, 6.45) is 1.14. The maximum Gasteiger partial charge on any atom is 0.163 e. The first-order valence-electron chi connectivity index (χ1n) is 7.14. The monoisotopic (exact) mass is 267 g/mol. The van der Waals surface area contributed by atoms with E-state index in [-0.39, 0.29) is 0 Å². The predicted octanol–water partition coefficient (Wildman–Crippen LogP) is 4.08. The molecule has 0 radical (unpaired) electrons. The molecule has 0 N–H and O–H groups in total. The van der Waals surface area contributed by atoms with Crippen LogP contribution in [0.15, 0.2) is 18.2 Å². The Balaban J connectivity index is 2.05. The Morgan fingerprint density at radius 2 is 2.05 bits per heavy atom. The smallest absolute Gasteiger partial charge is 0.163 e. The van der Waals surface area contributed by atoms with E-state index < -0.39 is 11.6 Å². The topological polar surface area (TPSA) is 3.24 Å². The minimum atomic E-state index is -0.747. The lowest BCUT2D eigenvalue weighted by molar-refractivity contribution is 0.0916. The zero-order valence-corrected chi connectivity index (χ0v) is 12.0. The van der Waals surface area contributed by atoms with E-state index in [1.54, 1.807) is 12.1 Å². The van der Waals surface area contributed by atoms with Crippen molar-refractivity contribution in [2.45, 2.75) is 33.7 Å². The molecule has 2 rings (SSSR count). The van der Waals surface area contributed by atoms with Crippen molar-refractivity contribution < 1.29 is 8.78 Å². The Bertz CT molecular complexity index is 431. The van der Waals surface area contributed by atoms with Gasteiger partial charge < -0.3 is 0 Å². The SMILES string of the molecule is CC(C)[C@H]1CN(Cc2cccc(F)c2F)CC[C@H]1C. The summed E-state index contributed by atoms with van der Waals surface area (Å²) < 4.78 is 26.9. The highest BCUT2D eigenvalue weighted by Gasteiger charge is 2.28. The third-order valence-corrected chi connectivity index (χ3v) is 4.38. The third kappa shape index (κ3) is 3.33. The van der Waals surface area contributed by atoms with E-state index in [9.17, 15) is 8.78 Å². The summed E-state index contributed by atoms with van der Waals surface area (Å²) in [5.74, 6) is 0.555. The van der Waals surface area contributed by atoms with Gasteiger partial charge in [0, 0.05) is 18.7 Å². The van der Waals surface area contributed by atoms with Crippen LogP contribution in [0.2, 0.25) is 0 Å². The largest absolute Gasteiger partial charge is 0.299 e. The molecule has 0 spiro atoms. The molecule has 1 aromatic rings. The average Bonchev–Trinajstić information content (AvgIpc) is 2.37. The Kier molecular flexibility index (Phi) is 4.56. The number of benzene rings is 1. The number of nitrogens with zero attached hydrogens (tertiary/aromatic N) is 1. The molecule has 0 amide bonds. The zero-order chi connectivity index (χ0) is 14.0. The normalized spacial score (nSPS) is 24.9. The van der Waals surface area contributed by atoms with Gasteiger partial charge in [0.2, 0.25) is 0 Å². The van der Waals surface area contributed by atoms with Crippen LogP contribution in [0.3, 0.4) is 0 Å². The summed E-state index contributed by atoms with van der Waals surface area (Å²) in [7, 11) is 0. The van der Waals surface area contributed by atoms with E-state index >= 15 is 0 Å². The van der Waals surface area contributed by atoms with Crippen LogP contribution in [-0.2, 0) is 6.54 Å². The fourth-order valence-electron chi connectivity index (χ4n) is 3.09. The van der Waals surface area contributed by atoms with Crippen molar-refractivity contribution in [1.29, 1.82) is 0 Å². The van der Waals surface area contributed by atoms with Crippen molar-refractivity contribution in [2.75, 3.05) is 13.1 Å². The van der Waals surface area contributed by atoms with Crippen LogP contribution in [-0.4, -0.2) is 18.0 Å². The number of hydrogen-bond donors (Lipinski definition) is 0. The summed E-state index contributed by atoms with van der Waals surface area (Å²) in [6.45, 7) is 9.25. The Morgan fingerprint density at radius 1 is 1.32 bits per heavy atom. The maximum absolute atomic E-state index is 13.7. The van der Waals surface area contributed by atoms with Crippen molar-refractivity contribution in [2.24, 2.45) is 17.8 Å². The second-order valence-electron chi connectivity index (χ2n) is 6.12.